The molecule has 0 N–H and O–H groups in total. The van der Waals surface area contributed by atoms with Crippen LogP contribution in [0, 0.1) is 0 Å². The van der Waals surface area contributed by atoms with E-state index in [1.807, 2.05) is 24.3 Å². The van der Waals surface area contributed by atoms with E-state index in [1.54, 1.807) is 0 Å². The summed E-state index contributed by atoms with van der Waals surface area (Å²) in [6, 6.07) is 55.4. The highest BCUT2D eigenvalue weighted by molar-refractivity contribution is 6.19. The van der Waals surface area contributed by atoms with Gasteiger partial charge in [-0.25, -0.2) is 4.98 Å². The van der Waals surface area contributed by atoms with Crippen LogP contribution in [0.25, 0.3) is 83.1 Å². The average molecular weight is 563 g/mol. The van der Waals surface area contributed by atoms with Crippen LogP contribution in [0.15, 0.2) is 162 Å². The highest BCUT2D eigenvalue weighted by atomic mass is 16.3. The molecule has 0 aliphatic heterocycles. The molecule has 2 heterocycles. The number of rotatable bonds is 4. The average Bonchev–Trinajstić information content (AvgIpc) is 3.67. The molecule has 3 heteroatoms. The highest BCUT2D eigenvalue weighted by Crippen LogP contribution is 2.40. The fourth-order valence-electron chi connectivity index (χ4n) is 6.51. The lowest BCUT2D eigenvalue weighted by Gasteiger charge is -2.10. The normalized spacial score (nSPS) is 11.6. The molecule has 0 aliphatic carbocycles. The van der Waals surface area contributed by atoms with Gasteiger partial charge in [0.2, 0.25) is 0 Å². The van der Waals surface area contributed by atoms with Crippen LogP contribution in [0.5, 0.6) is 0 Å². The van der Waals surface area contributed by atoms with Gasteiger partial charge in [-0.2, -0.15) is 0 Å². The molecule has 0 bridgehead atoms. The van der Waals surface area contributed by atoms with Gasteiger partial charge in [-0.1, -0.05) is 121 Å². The van der Waals surface area contributed by atoms with Crippen molar-refractivity contribution in [2.75, 3.05) is 0 Å². The Labute approximate surface area is 254 Å². The first kappa shape index (κ1) is 24.6. The van der Waals surface area contributed by atoms with E-state index in [9.17, 15) is 0 Å². The maximum absolute atomic E-state index is 6.33. The molecule has 0 fully saturated rings. The van der Waals surface area contributed by atoms with Gasteiger partial charge in [0.25, 0.3) is 0 Å². The molecule has 0 atom stereocenters. The van der Waals surface area contributed by atoms with E-state index in [4.69, 9.17) is 9.40 Å². The molecule has 44 heavy (non-hydrogen) atoms. The zero-order chi connectivity index (χ0) is 29.0. The molecule has 0 unspecified atom stereocenters. The summed E-state index contributed by atoms with van der Waals surface area (Å²) in [6.07, 6.45) is 0. The second-order valence-electron chi connectivity index (χ2n) is 11.2. The fourth-order valence-corrected chi connectivity index (χ4v) is 6.51. The number of para-hydroxylation sites is 2. The molecule has 9 aromatic rings. The number of fused-ring (bicyclic) bond motifs is 6. The standard InChI is InChI=1S/C41H26N2O/c1-3-11-29(12-4-1)41-42-37-25-30(23-24-38(37)43(41)31-13-5-2-6-14-31)27-19-21-28(22-20-27)35-26-36-33-16-9-10-18-39(33)44-40(36)34-17-8-7-15-32(34)35/h1-26H. The summed E-state index contributed by atoms with van der Waals surface area (Å²) in [5.41, 5.74) is 10.8. The lowest BCUT2D eigenvalue weighted by atomic mass is 9.94. The minimum absolute atomic E-state index is 0.917. The van der Waals surface area contributed by atoms with Crippen molar-refractivity contribution < 1.29 is 4.42 Å². The third kappa shape index (κ3) is 3.87. The molecule has 9 rings (SSSR count). The molecule has 0 saturated carbocycles. The van der Waals surface area contributed by atoms with Gasteiger partial charge >= 0.3 is 0 Å². The van der Waals surface area contributed by atoms with Crippen molar-refractivity contribution in [1.29, 1.82) is 0 Å². The van der Waals surface area contributed by atoms with Gasteiger partial charge < -0.3 is 4.42 Å². The van der Waals surface area contributed by atoms with Crippen LogP contribution in [-0.4, -0.2) is 9.55 Å². The van der Waals surface area contributed by atoms with E-state index in [2.05, 4.69) is 138 Å². The van der Waals surface area contributed by atoms with Gasteiger partial charge in [0.1, 0.15) is 17.0 Å². The quantitative estimate of drug-likeness (QED) is 0.214. The van der Waals surface area contributed by atoms with Crippen LogP contribution in [0.4, 0.5) is 0 Å². The Kier molecular flexibility index (Phi) is 5.50. The van der Waals surface area contributed by atoms with Crippen molar-refractivity contribution in [3.63, 3.8) is 0 Å². The molecule has 3 nitrogen and oxygen atoms in total. The number of nitrogens with zero attached hydrogens (tertiary/aromatic N) is 2. The van der Waals surface area contributed by atoms with Gasteiger partial charge in [0.05, 0.1) is 11.0 Å². The first-order valence-corrected chi connectivity index (χ1v) is 14.9. The summed E-state index contributed by atoms with van der Waals surface area (Å²) < 4.78 is 8.58. The zero-order valence-corrected chi connectivity index (χ0v) is 23.8. The molecule has 0 aliphatic rings. The number of aromatic nitrogens is 2. The van der Waals surface area contributed by atoms with Gasteiger partial charge in [-0.15, -0.1) is 0 Å². The summed E-state index contributed by atoms with van der Waals surface area (Å²) >= 11 is 0. The number of imidazole rings is 1. The van der Waals surface area contributed by atoms with E-state index in [0.29, 0.717) is 0 Å². The largest absolute Gasteiger partial charge is 0.455 e. The minimum Gasteiger partial charge on any atom is -0.455 e. The van der Waals surface area contributed by atoms with Crippen LogP contribution >= 0.6 is 0 Å². The topological polar surface area (TPSA) is 31.0 Å². The molecule has 0 amide bonds. The van der Waals surface area contributed by atoms with Crippen LogP contribution < -0.4 is 0 Å². The van der Waals surface area contributed by atoms with Crippen LogP contribution in [-0.2, 0) is 0 Å². The van der Waals surface area contributed by atoms with Crippen molar-refractivity contribution in [3.8, 4) is 39.3 Å². The van der Waals surface area contributed by atoms with E-state index in [-0.39, 0.29) is 0 Å². The van der Waals surface area contributed by atoms with E-state index >= 15 is 0 Å². The molecule has 0 radical (unpaired) electrons. The van der Waals surface area contributed by atoms with Gasteiger partial charge in [0.15, 0.2) is 0 Å². The van der Waals surface area contributed by atoms with Gasteiger partial charge in [0, 0.05) is 27.4 Å². The second-order valence-corrected chi connectivity index (χ2v) is 11.2. The summed E-state index contributed by atoms with van der Waals surface area (Å²) in [5, 5.41) is 4.61. The van der Waals surface area contributed by atoms with Crippen molar-refractivity contribution in [2.45, 2.75) is 0 Å². The molecule has 7 aromatic carbocycles. The Morgan fingerprint density at radius 1 is 0.455 bits per heavy atom. The fraction of sp³-hybridized carbons (Fsp3) is 0. The van der Waals surface area contributed by atoms with Crippen molar-refractivity contribution in [2.24, 2.45) is 0 Å². The predicted octanol–water partition coefficient (Wildman–Crippen LogP) is 11.1. The minimum atomic E-state index is 0.917. The molecule has 0 spiro atoms. The molecular formula is C41H26N2O. The third-order valence-electron chi connectivity index (χ3n) is 8.61. The Balaban J connectivity index is 1.16. The van der Waals surface area contributed by atoms with Crippen LogP contribution in [0.2, 0.25) is 0 Å². The smallest absolute Gasteiger partial charge is 0.145 e. The summed E-state index contributed by atoms with van der Waals surface area (Å²) in [7, 11) is 0. The lowest BCUT2D eigenvalue weighted by molar-refractivity contribution is 0.672. The van der Waals surface area contributed by atoms with Crippen LogP contribution in [0.1, 0.15) is 0 Å². The van der Waals surface area contributed by atoms with Crippen molar-refractivity contribution >= 4 is 43.7 Å². The highest BCUT2D eigenvalue weighted by Gasteiger charge is 2.17. The Hall–Kier alpha value is -5.93. The maximum atomic E-state index is 6.33. The molecule has 206 valence electrons. The van der Waals surface area contributed by atoms with Crippen molar-refractivity contribution in [1.82, 2.24) is 9.55 Å². The first-order chi connectivity index (χ1) is 21.8. The van der Waals surface area contributed by atoms with Gasteiger partial charge in [-0.05, 0) is 64.0 Å². The SMILES string of the molecule is c1ccc(-c2nc3cc(-c4ccc(-c5cc6c7ccccc7oc6c6ccccc56)cc4)ccc3n2-c2ccccc2)cc1. The first-order valence-electron chi connectivity index (χ1n) is 14.9. The molecular weight excluding hydrogens is 536 g/mol. The van der Waals surface area contributed by atoms with E-state index in [0.717, 1.165) is 66.6 Å². The summed E-state index contributed by atoms with van der Waals surface area (Å²) in [5.74, 6) is 0.938. The number of furan rings is 1. The van der Waals surface area contributed by atoms with Crippen LogP contribution in [0.3, 0.4) is 0 Å². The Morgan fingerprint density at radius 2 is 1.09 bits per heavy atom. The monoisotopic (exact) mass is 562 g/mol. The number of benzene rings is 7. The number of hydrogen-bond acceptors (Lipinski definition) is 2. The summed E-state index contributed by atoms with van der Waals surface area (Å²) in [6.45, 7) is 0. The molecule has 0 saturated heterocycles. The predicted molar refractivity (Wildman–Crippen MR) is 182 cm³/mol. The molecule has 2 aromatic heterocycles. The zero-order valence-electron chi connectivity index (χ0n) is 23.8. The maximum Gasteiger partial charge on any atom is 0.145 e. The summed E-state index contributed by atoms with van der Waals surface area (Å²) in [4.78, 5) is 5.15. The second kappa shape index (κ2) is 9.82. The third-order valence-corrected chi connectivity index (χ3v) is 8.61. The Morgan fingerprint density at radius 3 is 1.89 bits per heavy atom. The lowest BCUT2D eigenvalue weighted by Crippen LogP contribution is -1.97. The van der Waals surface area contributed by atoms with E-state index < -0.39 is 0 Å². The Bertz CT molecular complexity index is 2470. The van der Waals surface area contributed by atoms with E-state index in [1.165, 1.54) is 16.5 Å². The van der Waals surface area contributed by atoms with Crippen molar-refractivity contribution in [3.05, 3.63) is 158 Å². The number of hydrogen-bond donors (Lipinski definition) is 0. The van der Waals surface area contributed by atoms with Gasteiger partial charge in [-0.3, -0.25) is 4.57 Å².